The minimum absolute atomic E-state index is 0. The van der Waals surface area contributed by atoms with Crippen LogP contribution in [0, 0.1) is 0 Å². The molecule has 0 amide bonds. The zero-order valence-corrected chi connectivity index (χ0v) is 13.3. The zero-order chi connectivity index (χ0) is 13.9. The highest BCUT2D eigenvalue weighted by Gasteiger charge is 2.22. The first kappa shape index (κ1) is 15.6. The Labute approximate surface area is 132 Å². The number of hydrogen-bond acceptors (Lipinski definition) is 2. The number of halogens is 1. The van der Waals surface area contributed by atoms with Gasteiger partial charge in [0.15, 0.2) is 0 Å². The number of hydrogen-bond donors (Lipinski definition) is 0. The van der Waals surface area contributed by atoms with Crippen molar-refractivity contribution in [1.82, 2.24) is 4.90 Å². The maximum Gasteiger partial charge on any atom is 0.102 e. The van der Waals surface area contributed by atoms with Crippen LogP contribution in [0.3, 0.4) is 0 Å². The third-order valence-corrected chi connectivity index (χ3v) is 3.91. The molecule has 0 bridgehead atoms. The number of rotatable bonds is 2. The molecule has 0 unspecified atom stereocenters. The summed E-state index contributed by atoms with van der Waals surface area (Å²) in [5.41, 5.74) is 3.96. The number of amidine groups is 1. The quantitative estimate of drug-likeness (QED) is 0.800. The predicted octanol–water partition coefficient (Wildman–Crippen LogP) is 4.45. The smallest absolute Gasteiger partial charge is 0.102 e. The lowest BCUT2D eigenvalue weighted by Gasteiger charge is -2.18. The van der Waals surface area contributed by atoms with Gasteiger partial charge in [-0.25, -0.2) is 0 Å². The van der Waals surface area contributed by atoms with E-state index in [2.05, 4.69) is 73.5 Å². The van der Waals surface area contributed by atoms with Crippen molar-refractivity contribution in [3.05, 3.63) is 71.3 Å². The van der Waals surface area contributed by atoms with E-state index >= 15 is 0 Å². The Morgan fingerprint density at radius 2 is 1.71 bits per heavy atom. The van der Waals surface area contributed by atoms with E-state index in [4.69, 9.17) is 4.99 Å². The number of nitrogens with zero attached hydrogens (tertiary/aromatic N) is 2. The molecule has 1 heterocycles. The highest BCUT2D eigenvalue weighted by molar-refractivity contribution is 5.85. The first-order chi connectivity index (χ1) is 9.79. The molecule has 2 nitrogen and oxygen atoms in total. The molecule has 21 heavy (non-hydrogen) atoms. The Morgan fingerprint density at radius 1 is 1.05 bits per heavy atom. The molecule has 0 spiro atoms. The van der Waals surface area contributed by atoms with Gasteiger partial charge < -0.3 is 4.90 Å². The Hall–Kier alpha value is -1.80. The van der Waals surface area contributed by atoms with E-state index in [0.29, 0.717) is 0 Å². The lowest BCUT2D eigenvalue weighted by atomic mass is 9.95. The van der Waals surface area contributed by atoms with E-state index in [0.717, 1.165) is 13.0 Å². The number of aliphatic imine (C=N–C) groups is 1. The van der Waals surface area contributed by atoms with Crippen LogP contribution in [-0.4, -0.2) is 17.8 Å². The standard InChI is InChI=1S/C18H20N2.ClH/c1-3-17-19-18(14-9-5-4-6-10-14)16-12-8-7-11-15(16)13-20(17)2;/h4-12,18H,3,13H2,1-2H3;1H/t18-;/m0./s1. The van der Waals surface area contributed by atoms with Crippen molar-refractivity contribution in [2.75, 3.05) is 7.05 Å². The molecular formula is C18H21ClN2. The van der Waals surface area contributed by atoms with Gasteiger partial charge >= 0.3 is 0 Å². The molecule has 1 aliphatic heterocycles. The van der Waals surface area contributed by atoms with Crippen LogP contribution in [0.2, 0.25) is 0 Å². The molecule has 2 aromatic rings. The molecule has 0 saturated carbocycles. The molecule has 0 saturated heterocycles. The van der Waals surface area contributed by atoms with Crippen molar-refractivity contribution in [1.29, 1.82) is 0 Å². The minimum Gasteiger partial charge on any atom is -0.359 e. The van der Waals surface area contributed by atoms with Crippen molar-refractivity contribution in [2.45, 2.75) is 25.9 Å². The van der Waals surface area contributed by atoms with Gasteiger partial charge in [-0.05, 0) is 16.7 Å². The summed E-state index contributed by atoms with van der Waals surface area (Å²) < 4.78 is 0. The summed E-state index contributed by atoms with van der Waals surface area (Å²) in [5.74, 6) is 1.18. The van der Waals surface area contributed by atoms with E-state index in [-0.39, 0.29) is 18.4 Å². The lowest BCUT2D eigenvalue weighted by molar-refractivity contribution is 0.493. The zero-order valence-electron chi connectivity index (χ0n) is 12.5. The monoisotopic (exact) mass is 300 g/mol. The highest BCUT2D eigenvalue weighted by atomic mass is 35.5. The van der Waals surface area contributed by atoms with E-state index in [1.807, 2.05) is 0 Å². The molecule has 1 atom stereocenters. The van der Waals surface area contributed by atoms with Crippen molar-refractivity contribution < 1.29 is 0 Å². The van der Waals surface area contributed by atoms with Gasteiger partial charge in [-0.2, -0.15) is 0 Å². The van der Waals surface area contributed by atoms with Crippen LogP contribution in [0.4, 0.5) is 0 Å². The van der Waals surface area contributed by atoms with Crippen LogP contribution in [0.5, 0.6) is 0 Å². The summed E-state index contributed by atoms with van der Waals surface area (Å²) in [6, 6.07) is 19.4. The molecular weight excluding hydrogens is 280 g/mol. The van der Waals surface area contributed by atoms with E-state index in [9.17, 15) is 0 Å². The van der Waals surface area contributed by atoms with E-state index in [1.165, 1.54) is 22.5 Å². The molecule has 0 radical (unpaired) electrons. The Morgan fingerprint density at radius 3 is 2.43 bits per heavy atom. The Balaban J connectivity index is 0.00000161. The second-order valence-electron chi connectivity index (χ2n) is 5.27. The molecule has 0 fully saturated rings. The van der Waals surface area contributed by atoms with Gasteiger partial charge in [0.2, 0.25) is 0 Å². The summed E-state index contributed by atoms with van der Waals surface area (Å²) in [6.45, 7) is 3.11. The summed E-state index contributed by atoms with van der Waals surface area (Å²) in [5, 5.41) is 0. The van der Waals surface area contributed by atoms with E-state index in [1.54, 1.807) is 0 Å². The Bertz CT molecular complexity index is 622. The maximum absolute atomic E-state index is 5.03. The molecule has 0 N–H and O–H groups in total. The van der Waals surface area contributed by atoms with Gasteiger partial charge in [-0.1, -0.05) is 61.5 Å². The summed E-state index contributed by atoms with van der Waals surface area (Å²) in [7, 11) is 2.13. The number of benzene rings is 2. The van der Waals surface area contributed by atoms with Crippen LogP contribution >= 0.6 is 12.4 Å². The summed E-state index contributed by atoms with van der Waals surface area (Å²) in [6.07, 6.45) is 0.966. The Kier molecular flexibility index (Phi) is 5.03. The molecule has 2 aromatic carbocycles. The van der Waals surface area contributed by atoms with Gasteiger partial charge in [-0.3, -0.25) is 4.99 Å². The number of fused-ring (bicyclic) bond motifs is 1. The van der Waals surface area contributed by atoms with Gasteiger partial charge in [-0.15, -0.1) is 12.4 Å². The van der Waals surface area contributed by atoms with Crippen molar-refractivity contribution in [3.8, 4) is 0 Å². The van der Waals surface area contributed by atoms with E-state index < -0.39 is 0 Å². The van der Waals surface area contributed by atoms with Gasteiger partial charge in [0.25, 0.3) is 0 Å². The first-order valence-corrected chi connectivity index (χ1v) is 7.20. The fraction of sp³-hybridized carbons (Fsp3) is 0.278. The first-order valence-electron chi connectivity index (χ1n) is 7.20. The van der Waals surface area contributed by atoms with Crippen LogP contribution in [-0.2, 0) is 6.54 Å². The second-order valence-corrected chi connectivity index (χ2v) is 5.27. The van der Waals surface area contributed by atoms with Crippen molar-refractivity contribution >= 4 is 18.2 Å². The highest BCUT2D eigenvalue weighted by Crippen LogP contribution is 2.32. The van der Waals surface area contributed by atoms with Crippen LogP contribution in [0.1, 0.15) is 36.1 Å². The summed E-state index contributed by atoms with van der Waals surface area (Å²) in [4.78, 5) is 7.29. The molecule has 3 heteroatoms. The van der Waals surface area contributed by atoms with Gasteiger partial charge in [0.05, 0.1) is 5.84 Å². The summed E-state index contributed by atoms with van der Waals surface area (Å²) >= 11 is 0. The fourth-order valence-corrected chi connectivity index (χ4v) is 2.86. The second kappa shape index (κ2) is 6.77. The van der Waals surface area contributed by atoms with Gasteiger partial charge in [0.1, 0.15) is 6.04 Å². The minimum atomic E-state index is 0. The average Bonchev–Trinajstić information content (AvgIpc) is 2.64. The normalized spacial score (nSPS) is 17.3. The average molecular weight is 301 g/mol. The van der Waals surface area contributed by atoms with Crippen LogP contribution < -0.4 is 0 Å². The van der Waals surface area contributed by atoms with Gasteiger partial charge in [0, 0.05) is 20.0 Å². The maximum atomic E-state index is 5.03. The molecule has 110 valence electrons. The molecule has 0 aliphatic carbocycles. The third kappa shape index (κ3) is 3.11. The molecule has 3 rings (SSSR count). The van der Waals surface area contributed by atoms with Crippen LogP contribution in [0.25, 0.3) is 0 Å². The predicted molar refractivity (Wildman–Crippen MR) is 91.2 cm³/mol. The van der Waals surface area contributed by atoms with Crippen molar-refractivity contribution in [3.63, 3.8) is 0 Å². The topological polar surface area (TPSA) is 15.6 Å². The SMILES string of the molecule is CCC1=N[C@@H](c2ccccc2)c2ccccc2CN1C.Cl. The fourth-order valence-electron chi connectivity index (χ4n) is 2.86. The molecule has 1 aliphatic rings. The van der Waals surface area contributed by atoms with Crippen molar-refractivity contribution in [2.24, 2.45) is 4.99 Å². The molecule has 0 aromatic heterocycles. The largest absolute Gasteiger partial charge is 0.359 e. The van der Waals surface area contributed by atoms with Crippen LogP contribution in [0.15, 0.2) is 59.6 Å². The lowest BCUT2D eigenvalue weighted by Crippen LogP contribution is -2.24. The third-order valence-electron chi connectivity index (χ3n) is 3.91.